The van der Waals surface area contributed by atoms with Crippen LogP contribution in [0.25, 0.3) is 0 Å². The van der Waals surface area contributed by atoms with Crippen molar-refractivity contribution in [3.8, 4) is 0 Å². The van der Waals surface area contributed by atoms with Gasteiger partial charge in [0.1, 0.15) is 24.0 Å². The Balaban J connectivity index is 0.984. The van der Waals surface area contributed by atoms with E-state index in [4.69, 9.17) is 4.74 Å². The summed E-state index contributed by atoms with van der Waals surface area (Å²) in [6, 6.07) is 15.3. The second-order valence-corrected chi connectivity index (χ2v) is 19.1. The molecule has 1 aromatic heterocycles. The summed E-state index contributed by atoms with van der Waals surface area (Å²) in [6.45, 7) is 4.23. The molecule has 18 nitrogen and oxygen atoms in total. The number of hydrogen-bond acceptors (Lipinski definition) is 13. The molecule has 68 heavy (non-hydrogen) atoms. The Morgan fingerprint density at radius 2 is 1.35 bits per heavy atom. The molecule has 4 fully saturated rings. The van der Waals surface area contributed by atoms with E-state index in [1.165, 1.54) is 0 Å². The van der Waals surface area contributed by atoms with Crippen molar-refractivity contribution in [2.24, 2.45) is 0 Å². The molecule has 0 aliphatic carbocycles. The molecule has 18 heteroatoms. The Morgan fingerprint density at radius 3 is 2.06 bits per heavy atom. The summed E-state index contributed by atoms with van der Waals surface area (Å²) in [5.41, 5.74) is 2.31. The molecule has 370 valence electrons. The first-order chi connectivity index (χ1) is 32.9. The SMILES string of the molecule is CN[C@@H](C)C(=O)CN[C@H]1CCCC[C@H]2CCC(C(=O)N[C@H](COCc3cn(C[C@@H](NC(=O)[C@@H]4CC[C@@H]5CCCC[C@H](NC(=O)[C@H](C)NC)C(=O)N54)c4ccccc4)nn3)c3ccccc3)N2C1O. The standard InChI is InChI=1S/C50H73N11O7/c1-32(51-3)45(62)27-53-39-21-13-11-19-37-23-26-44(60(37)49(39)66)48(65)56-42(35-17-9-6-10-18-35)31-68-30-36-28-59(58-57-36)29-41(34-15-7-5-8-16-34)55-47(64)43-25-24-38-20-12-14-22-40(50(67)61(38)43)54-46(63)33(2)52-4/h5-10,15-18,28,32-33,37-44,49,51-53,66H,11-14,19-27,29-31H2,1-4H3,(H,54,63)(H,55,64)(H,56,65)/t32-,33-,37-,38-,39-,40-,41+,42+,43-,44?,49?/m0/s1. The van der Waals surface area contributed by atoms with E-state index in [-0.39, 0.29) is 79.9 Å². The first-order valence-electron chi connectivity index (χ1n) is 24.8. The van der Waals surface area contributed by atoms with Gasteiger partial charge in [-0.3, -0.25) is 28.9 Å². The Labute approximate surface area is 400 Å². The summed E-state index contributed by atoms with van der Waals surface area (Å²) in [6.07, 6.45) is 10.1. The maximum absolute atomic E-state index is 14.3. The quantitative estimate of drug-likeness (QED) is 0.0866. The fourth-order valence-corrected chi connectivity index (χ4v) is 10.4. The fraction of sp³-hybridized carbons (Fsp3) is 0.620. The van der Waals surface area contributed by atoms with Gasteiger partial charge in [0, 0.05) is 18.1 Å². The van der Waals surface area contributed by atoms with Crippen LogP contribution >= 0.6 is 0 Å². The van der Waals surface area contributed by atoms with Gasteiger partial charge >= 0.3 is 0 Å². The minimum atomic E-state index is -0.927. The van der Waals surface area contributed by atoms with E-state index < -0.39 is 42.5 Å². The average Bonchev–Trinajstić information content (AvgIpc) is 4.11. The number of benzene rings is 2. The van der Waals surface area contributed by atoms with Crippen molar-refractivity contribution < 1.29 is 33.8 Å². The highest BCUT2D eigenvalue weighted by atomic mass is 16.5. The van der Waals surface area contributed by atoms with Gasteiger partial charge in [-0.05, 0) is 90.4 Å². The third-order valence-electron chi connectivity index (χ3n) is 14.6. The van der Waals surface area contributed by atoms with Gasteiger partial charge in [-0.2, -0.15) is 0 Å². The monoisotopic (exact) mass is 940 g/mol. The van der Waals surface area contributed by atoms with Crippen LogP contribution < -0.4 is 31.9 Å². The lowest BCUT2D eigenvalue weighted by atomic mass is 9.98. The molecule has 7 N–H and O–H groups in total. The predicted molar refractivity (Wildman–Crippen MR) is 255 cm³/mol. The fourth-order valence-electron chi connectivity index (χ4n) is 10.4. The number of rotatable bonds is 20. The molecule has 0 saturated carbocycles. The zero-order valence-corrected chi connectivity index (χ0v) is 40.1. The van der Waals surface area contributed by atoms with Crippen molar-refractivity contribution in [1.29, 1.82) is 0 Å². The van der Waals surface area contributed by atoms with Gasteiger partial charge in [0.25, 0.3) is 0 Å². The summed E-state index contributed by atoms with van der Waals surface area (Å²) < 4.78 is 7.92. The van der Waals surface area contributed by atoms with Gasteiger partial charge in [0.05, 0.1) is 62.7 Å². The van der Waals surface area contributed by atoms with Gasteiger partial charge in [0.2, 0.25) is 23.6 Å². The first-order valence-corrected chi connectivity index (χ1v) is 24.8. The Bertz CT molecular complexity index is 2130. The van der Waals surface area contributed by atoms with Crippen LogP contribution in [0.1, 0.15) is 120 Å². The molecule has 7 rings (SSSR count). The van der Waals surface area contributed by atoms with E-state index in [2.05, 4.69) is 42.2 Å². The predicted octanol–water partition coefficient (Wildman–Crippen LogP) is 2.40. The molecule has 11 atom stereocenters. The second-order valence-electron chi connectivity index (χ2n) is 19.1. The molecule has 4 amide bonds. The zero-order chi connectivity index (χ0) is 48.2. The molecule has 4 aliphatic heterocycles. The molecule has 5 heterocycles. The number of Topliss-reactive ketones (excluding diaryl/α,β-unsaturated/α-hetero) is 1. The number of nitrogens with zero attached hydrogens (tertiary/aromatic N) is 5. The Morgan fingerprint density at radius 1 is 0.750 bits per heavy atom. The summed E-state index contributed by atoms with van der Waals surface area (Å²) in [5, 5.41) is 39.2. The minimum Gasteiger partial charge on any atom is -0.377 e. The van der Waals surface area contributed by atoms with Crippen LogP contribution in [0.2, 0.25) is 0 Å². The lowest BCUT2D eigenvalue weighted by molar-refractivity contribution is -0.144. The number of amides is 4. The van der Waals surface area contributed by atoms with Gasteiger partial charge in [0.15, 0.2) is 5.78 Å². The number of aliphatic hydroxyl groups is 1. The molecule has 2 unspecified atom stereocenters. The van der Waals surface area contributed by atoms with Gasteiger partial charge < -0.3 is 46.6 Å². The van der Waals surface area contributed by atoms with Crippen molar-refractivity contribution in [3.05, 3.63) is 83.7 Å². The van der Waals surface area contributed by atoms with Crippen LogP contribution in [0.3, 0.4) is 0 Å². The maximum atomic E-state index is 14.3. The van der Waals surface area contributed by atoms with Crippen molar-refractivity contribution in [2.75, 3.05) is 27.2 Å². The van der Waals surface area contributed by atoms with Gasteiger partial charge in [-0.1, -0.05) is 91.6 Å². The number of carbonyl (C=O) groups excluding carboxylic acids is 5. The van der Waals surface area contributed by atoms with Crippen molar-refractivity contribution >= 4 is 29.4 Å². The number of carbonyl (C=O) groups is 5. The zero-order valence-electron chi connectivity index (χ0n) is 40.1. The highest BCUT2D eigenvalue weighted by Crippen LogP contribution is 2.35. The van der Waals surface area contributed by atoms with Crippen LogP contribution in [-0.2, 0) is 41.9 Å². The van der Waals surface area contributed by atoms with E-state index in [9.17, 15) is 29.1 Å². The van der Waals surface area contributed by atoms with Crippen molar-refractivity contribution in [1.82, 2.24) is 56.7 Å². The van der Waals surface area contributed by atoms with E-state index >= 15 is 0 Å². The van der Waals surface area contributed by atoms with E-state index in [1.54, 1.807) is 36.8 Å². The highest BCUT2D eigenvalue weighted by molar-refractivity contribution is 5.94. The second kappa shape index (κ2) is 24.4. The number of aromatic nitrogens is 3. The van der Waals surface area contributed by atoms with Crippen molar-refractivity contribution in [2.45, 2.75) is 171 Å². The van der Waals surface area contributed by atoms with Crippen LogP contribution in [0, 0.1) is 0 Å². The normalized spacial score (nSPS) is 26.2. The highest BCUT2D eigenvalue weighted by Gasteiger charge is 2.46. The third kappa shape index (κ3) is 12.7. The molecule has 2 aromatic carbocycles. The molecule has 4 saturated heterocycles. The molecule has 0 bridgehead atoms. The maximum Gasteiger partial charge on any atom is 0.246 e. The van der Waals surface area contributed by atoms with Crippen LogP contribution in [0.4, 0.5) is 0 Å². The first kappa shape index (κ1) is 50.8. The number of likely N-dealkylation sites (N-methyl/N-ethyl adjacent to an activating group) is 2. The number of hydrogen-bond donors (Lipinski definition) is 7. The number of fused-ring (bicyclic) bond motifs is 2. The minimum absolute atomic E-state index is 0.0156. The molecule has 0 spiro atoms. The summed E-state index contributed by atoms with van der Waals surface area (Å²) in [4.78, 5) is 71.8. The topological polar surface area (TPSA) is 224 Å². The number of ether oxygens (including phenoxy) is 1. The molecular weight excluding hydrogens is 867 g/mol. The molecular formula is C50H73N11O7. The Kier molecular flexibility index (Phi) is 18.2. The number of ketones is 1. The lowest BCUT2D eigenvalue weighted by Gasteiger charge is -2.40. The van der Waals surface area contributed by atoms with E-state index in [0.29, 0.717) is 31.4 Å². The number of nitrogens with one attached hydrogen (secondary N) is 6. The van der Waals surface area contributed by atoms with Crippen LogP contribution in [0.15, 0.2) is 66.9 Å². The average molecular weight is 940 g/mol. The Hall–Kier alpha value is -5.11. The molecule has 4 aliphatic rings. The number of aliphatic hydroxyl groups excluding tert-OH is 1. The summed E-state index contributed by atoms with van der Waals surface area (Å²) in [7, 11) is 3.45. The smallest absolute Gasteiger partial charge is 0.246 e. The van der Waals surface area contributed by atoms with Crippen molar-refractivity contribution in [3.63, 3.8) is 0 Å². The third-order valence-corrected chi connectivity index (χ3v) is 14.6. The van der Waals surface area contributed by atoms with E-state index in [1.807, 2.05) is 72.5 Å². The van der Waals surface area contributed by atoms with Gasteiger partial charge in [-0.25, -0.2) is 4.68 Å². The largest absolute Gasteiger partial charge is 0.377 e. The van der Waals surface area contributed by atoms with Crippen LogP contribution in [-0.4, -0.2) is 141 Å². The van der Waals surface area contributed by atoms with E-state index in [0.717, 1.165) is 62.5 Å². The summed E-state index contributed by atoms with van der Waals surface area (Å²) >= 11 is 0. The molecule has 0 radical (unpaired) electrons. The lowest BCUT2D eigenvalue weighted by Crippen LogP contribution is -2.59. The summed E-state index contributed by atoms with van der Waals surface area (Å²) in [5.74, 6) is -0.872. The molecule has 3 aromatic rings. The van der Waals surface area contributed by atoms with Crippen LogP contribution in [0.5, 0.6) is 0 Å². The van der Waals surface area contributed by atoms with Gasteiger partial charge in [-0.15, -0.1) is 5.10 Å².